The van der Waals surface area contributed by atoms with Gasteiger partial charge in [-0.2, -0.15) is 4.31 Å². The number of nitrogens with one attached hydrogen (secondary N) is 1. The van der Waals surface area contributed by atoms with Crippen molar-refractivity contribution in [3.05, 3.63) is 29.8 Å². The minimum atomic E-state index is -3.62. The standard InChI is InChI=1S/C20H33N3O3S.ClH/c1-14(2)20(5,13-21)22-19(24)17-7-6-8-18(10-17)27(25,26)23-11-15(3)9-16(4)12-23;/h6-8,10,14-16H,9,11-13,21H2,1-5H3,(H,22,24);1H. The lowest BCUT2D eigenvalue weighted by Crippen LogP contribution is -2.55. The molecule has 2 rings (SSSR count). The number of rotatable bonds is 6. The number of carbonyl (C=O) groups is 1. The van der Waals surface area contributed by atoms with E-state index < -0.39 is 15.6 Å². The summed E-state index contributed by atoms with van der Waals surface area (Å²) in [6.07, 6.45) is 1.03. The molecule has 1 amide bonds. The van der Waals surface area contributed by atoms with Crippen molar-refractivity contribution in [2.75, 3.05) is 19.6 Å². The van der Waals surface area contributed by atoms with E-state index in [2.05, 4.69) is 19.2 Å². The second-order valence-electron chi connectivity index (χ2n) is 8.53. The van der Waals surface area contributed by atoms with Crippen LogP contribution in [0.1, 0.15) is 51.4 Å². The Morgan fingerprint density at radius 1 is 1.29 bits per heavy atom. The largest absolute Gasteiger partial charge is 0.345 e. The van der Waals surface area contributed by atoms with E-state index in [1.807, 2.05) is 20.8 Å². The highest BCUT2D eigenvalue weighted by atomic mass is 35.5. The van der Waals surface area contributed by atoms with E-state index in [-0.39, 0.29) is 29.1 Å². The van der Waals surface area contributed by atoms with Gasteiger partial charge in [0.05, 0.1) is 10.4 Å². The van der Waals surface area contributed by atoms with Gasteiger partial charge in [-0.15, -0.1) is 12.4 Å². The van der Waals surface area contributed by atoms with E-state index in [9.17, 15) is 13.2 Å². The number of carbonyl (C=O) groups excluding carboxylic acids is 1. The molecule has 1 aliphatic heterocycles. The van der Waals surface area contributed by atoms with E-state index in [1.54, 1.807) is 22.5 Å². The lowest BCUT2D eigenvalue weighted by molar-refractivity contribution is 0.0883. The molecule has 6 nitrogen and oxygen atoms in total. The van der Waals surface area contributed by atoms with Crippen LogP contribution in [0.2, 0.25) is 0 Å². The van der Waals surface area contributed by atoms with Gasteiger partial charge >= 0.3 is 0 Å². The van der Waals surface area contributed by atoms with Gasteiger partial charge in [0.15, 0.2) is 0 Å². The number of halogens is 1. The van der Waals surface area contributed by atoms with Crippen LogP contribution in [0.4, 0.5) is 0 Å². The van der Waals surface area contributed by atoms with Crippen LogP contribution in [-0.2, 0) is 10.0 Å². The van der Waals surface area contributed by atoms with Gasteiger partial charge in [-0.25, -0.2) is 8.42 Å². The number of piperidine rings is 1. The van der Waals surface area contributed by atoms with Crippen LogP contribution in [0.3, 0.4) is 0 Å². The van der Waals surface area contributed by atoms with E-state index in [1.165, 1.54) is 6.07 Å². The number of sulfonamides is 1. The van der Waals surface area contributed by atoms with Gasteiger partial charge < -0.3 is 11.1 Å². The van der Waals surface area contributed by atoms with Gasteiger partial charge in [0.1, 0.15) is 0 Å². The quantitative estimate of drug-likeness (QED) is 0.724. The van der Waals surface area contributed by atoms with Crippen molar-refractivity contribution in [1.29, 1.82) is 0 Å². The van der Waals surface area contributed by atoms with Crippen LogP contribution in [-0.4, -0.2) is 43.8 Å². The molecule has 3 atom stereocenters. The second kappa shape index (κ2) is 9.57. The zero-order chi connectivity index (χ0) is 20.4. The molecule has 1 fully saturated rings. The van der Waals surface area contributed by atoms with Crippen molar-refractivity contribution >= 4 is 28.3 Å². The Kier molecular flexibility index (Phi) is 8.50. The van der Waals surface area contributed by atoms with Crippen molar-refractivity contribution in [2.24, 2.45) is 23.5 Å². The number of amides is 1. The number of benzene rings is 1. The first-order chi connectivity index (χ1) is 12.5. The minimum absolute atomic E-state index is 0. The average Bonchev–Trinajstić information content (AvgIpc) is 2.60. The minimum Gasteiger partial charge on any atom is -0.345 e. The highest BCUT2D eigenvalue weighted by molar-refractivity contribution is 7.89. The molecule has 28 heavy (non-hydrogen) atoms. The summed E-state index contributed by atoms with van der Waals surface area (Å²) in [5.74, 6) is 0.487. The molecule has 1 aromatic rings. The molecule has 3 N–H and O–H groups in total. The molecular formula is C20H34ClN3O3S. The molecule has 0 radical (unpaired) electrons. The third-order valence-corrected chi connectivity index (χ3v) is 7.49. The molecule has 1 aliphatic rings. The first kappa shape index (κ1) is 24.9. The summed E-state index contributed by atoms with van der Waals surface area (Å²) in [5, 5.41) is 2.96. The highest BCUT2D eigenvalue weighted by Gasteiger charge is 2.33. The lowest BCUT2D eigenvalue weighted by atomic mass is 9.88. The first-order valence-electron chi connectivity index (χ1n) is 9.62. The summed E-state index contributed by atoms with van der Waals surface area (Å²) >= 11 is 0. The van der Waals surface area contributed by atoms with E-state index in [0.717, 1.165) is 6.42 Å². The molecule has 1 aromatic carbocycles. The summed E-state index contributed by atoms with van der Waals surface area (Å²) in [4.78, 5) is 12.9. The molecule has 0 aliphatic carbocycles. The topological polar surface area (TPSA) is 92.5 Å². The Morgan fingerprint density at radius 2 is 1.86 bits per heavy atom. The maximum Gasteiger partial charge on any atom is 0.251 e. The van der Waals surface area contributed by atoms with Crippen LogP contribution >= 0.6 is 12.4 Å². The molecule has 0 spiro atoms. The number of hydrogen-bond donors (Lipinski definition) is 2. The Morgan fingerprint density at radius 3 is 2.36 bits per heavy atom. The van der Waals surface area contributed by atoms with Crippen molar-refractivity contribution in [3.8, 4) is 0 Å². The summed E-state index contributed by atoms with van der Waals surface area (Å²) < 4.78 is 27.7. The van der Waals surface area contributed by atoms with Gasteiger partial charge in [0.2, 0.25) is 10.0 Å². The summed E-state index contributed by atoms with van der Waals surface area (Å²) in [6, 6.07) is 6.27. The number of nitrogens with zero attached hydrogens (tertiary/aromatic N) is 1. The lowest BCUT2D eigenvalue weighted by Gasteiger charge is -2.34. The third-order valence-electron chi connectivity index (χ3n) is 5.67. The highest BCUT2D eigenvalue weighted by Crippen LogP contribution is 2.27. The summed E-state index contributed by atoms with van der Waals surface area (Å²) in [7, 11) is -3.62. The van der Waals surface area contributed by atoms with Crippen molar-refractivity contribution in [3.63, 3.8) is 0 Å². The van der Waals surface area contributed by atoms with E-state index in [4.69, 9.17) is 5.73 Å². The van der Waals surface area contributed by atoms with Crippen LogP contribution in [0.15, 0.2) is 29.2 Å². The molecule has 1 heterocycles. The van der Waals surface area contributed by atoms with Gasteiger partial charge in [-0.05, 0) is 49.3 Å². The predicted molar refractivity (Wildman–Crippen MR) is 115 cm³/mol. The monoisotopic (exact) mass is 431 g/mol. The Bertz CT molecular complexity index is 775. The second-order valence-corrected chi connectivity index (χ2v) is 10.5. The summed E-state index contributed by atoms with van der Waals surface area (Å²) in [6.45, 7) is 11.4. The van der Waals surface area contributed by atoms with Crippen LogP contribution in [0, 0.1) is 17.8 Å². The van der Waals surface area contributed by atoms with Crippen LogP contribution in [0.5, 0.6) is 0 Å². The van der Waals surface area contributed by atoms with Gasteiger partial charge in [-0.3, -0.25) is 4.79 Å². The molecule has 0 bridgehead atoms. The Hall–Kier alpha value is -1.15. The molecular weight excluding hydrogens is 398 g/mol. The average molecular weight is 432 g/mol. The van der Waals surface area contributed by atoms with E-state index >= 15 is 0 Å². The van der Waals surface area contributed by atoms with Crippen LogP contribution < -0.4 is 11.1 Å². The van der Waals surface area contributed by atoms with E-state index in [0.29, 0.717) is 37.0 Å². The smallest absolute Gasteiger partial charge is 0.251 e. The fourth-order valence-electron chi connectivity index (χ4n) is 3.51. The molecule has 8 heteroatoms. The molecule has 3 unspecified atom stereocenters. The first-order valence-corrected chi connectivity index (χ1v) is 11.1. The molecule has 1 saturated heterocycles. The maximum atomic E-state index is 13.1. The van der Waals surface area contributed by atoms with Gasteiger partial charge in [-0.1, -0.05) is 33.8 Å². The fraction of sp³-hybridized carbons (Fsp3) is 0.650. The maximum absolute atomic E-state index is 13.1. The molecule has 160 valence electrons. The van der Waals surface area contributed by atoms with Crippen molar-refractivity contribution in [2.45, 2.75) is 51.5 Å². The van der Waals surface area contributed by atoms with Crippen LogP contribution in [0.25, 0.3) is 0 Å². The predicted octanol–water partition coefficient (Wildman–Crippen LogP) is 2.88. The van der Waals surface area contributed by atoms with Crippen molar-refractivity contribution in [1.82, 2.24) is 9.62 Å². The summed E-state index contributed by atoms with van der Waals surface area (Å²) in [5.41, 5.74) is 5.62. The van der Waals surface area contributed by atoms with Gasteiger partial charge in [0, 0.05) is 25.2 Å². The molecule has 0 aromatic heterocycles. The normalized spacial score (nSPS) is 23.0. The van der Waals surface area contributed by atoms with Crippen molar-refractivity contribution < 1.29 is 13.2 Å². The molecule has 0 saturated carbocycles. The SMILES string of the molecule is CC1CC(C)CN(S(=O)(=O)c2cccc(C(=O)NC(C)(CN)C(C)C)c2)C1.Cl. The Balaban J connectivity index is 0.00000392. The fourth-order valence-corrected chi connectivity index (χ4v) is 5.24. The Labute approximate surface area is 175 Å². The zero-order valence-corrected chi connectivity index (χ0v) is 19.1. The van der Waals surface area contributed by atoms with Gasteiger partial charge in [0.25, 0.3) is 5.91 Å². The number of hydrogen-bond acceptors (Lipinski definition) is 4. The number of nitrogens with two attached hydrogens (primary N) is 1. The zero-order valence-electron chi connectivity index (χ0n) is 17.4. The third kappa shape index (κ3) is 5.47.